The van der Waals surface area contributed by atoms with Gasteiger partial charge in [0.1, 0.15) is 5.75 Å². The van der Waals surface area contributed by atoms with Crippen molar-refractivity contribution in [3.8, 4) is 5.75 Å². The number of nitrogens with zero attached hydrogens (tertiary/aromatic N) is 2. The van der Waals surface area contributed by atoms with Crippen LogP contribution in [0.1, 0.15) is 0 Å². The predicted molar refractivity (Wildman–Crippen MR) is 98.1 cm³/mol. The van der Waals surface area contributed by atoms with Gasteiger partial charge in [0.05, 0.1) is 12.0 Å². The lowest BCUT2D eigenvalue weighted by molar-refractivity contribution is 0.384. The monoisotopic (exact) mass is 410 g/mol. The average Bonchev–Trinajstić information content (AvgIpc) is 2.62. The topological polar surface area (TPSA) is 49.9 Å². The van der Waals surface area contributed by atoms with E-state index in [0.717, 1.165) is 15.9 Å². The molecule has 0 N–H and O–H groups in total. The fourth-order valence-electron chi connectivity index (χ4n) is 2.74. The number of rotatable bonds is 4. The number of halogens is 1. The van der Waals surface area contributed by atoms with Crippen molar-refractivity contribution >= 4 is 31.6 Å². The van der Waals surface area contributed by atoms with E-state index in [-0.39, 0.29) is 0 Å². The second-order valence-corrected chi connectivity index (χ2v) is 8.40. The van der Waals surface area contributed by atoms with Crippen LogP contribution in [0.4, 0.5) is 5.69 Å². The van der Waals surface area contributed by atoms with Gasteiger partial charge in [-0.15, -0.1) is 0 Å². The molecule has 3 rings (SSSR count). The Labute approximate surface area is 151 Å². The summed E-state index contributed by atoms with van der Waals surface area (Å²) in [7, 11) is -1.79. The summed E-state index contributed by atoms with van der Waals surface area (Å²) in [6, 6.07) is 14.6. The molecule has 0 aromatic heterocycles. The molecule has 2 aromatic rings. The lowest BCUT2D eigenvalue weighted by Crippen LogP contribution is -2.48. The molecular formula is C17H19BrN2O3S. The third kappa shape index (κ3) is 3.58. The van der Waals surface area contributed by atoms with Crippen molar-refractivity contribution < 1.29 is 13.2 Å². The fourth-order valence-corrected chi connectivity index (χ4v) is 4.42. The van der Waals surface area contributed by atoms with Crippen molar-refractivity contribution in [1.82, 2.24) is 4.31 Å². The molecule has 0 unspecified atom stereocenters. The molecule has 0 aliphatic carbocycles. The molecule has 1 aliphatic heterocycles. The van der Waals surface area contributed by atoms with Crippen molar-refractivity contribution in [2.75, 3.05) is 38.2 Å². The Morgan fingerprint density at radius 3 is 2.04 bits per heavy atom. The Kier molecular flexibility index (Phi) is 5.12. The minimum Gasteiger partial charge on any atom is -0.497 e. The van der Waals surface area contributed by atoms with Crippen LogP contribution in [0.5, 0.6) is 5.75 Å². The maximum atomic E-state index is 12.7. The molecule has 2 aromatic carbocycles. The number of sulfonamides is 1. The van der Waals surface area contributed by atoms with Crippen LogP contribution in [0.25, 0.3) is 0 Å². The van der Waals surface area contributed by atoms with E-state index in [9.17, 15) is 8.42 Å². The van der Waals surface area contributed by atoms with E-state index in [4.69, 9.17) is 4.74 Å². The van der Waals surface area contributed by atoms with Gasteiger partial charge < -0.3 is 9.64 Å². The summed E-state index contributed by atoms with van der Waals surface area (Å²) in [6.07, 6.45) is 0. The highest BCUT2D eigenvalue weighted by Crippen LogP contribution is 2.23. The van der Waals surface area contributed by atoms with Crippen LogP contribution in [-0.2, 0) is 10.0 Å². The van der Waals surface area contributed by atoms with Gasteiger partial charge in [-0.25, -0.2) is 8.42 Å². The van der Waals surface area contributed by atoms with Crippen LogP contribution in [0, 0.1) is 0 Å². The van der Waals surface area contributed by atoms with Gasteiger partial charge >= 0.3 is 0 Å². The third-order valence-corrected chi connectivity index (χ3v) is 6.57. The molecule has 0 amide bonds. The Morgan fingerprint density at radius 2 is 1.50 bits per heavy atom. The van der Waals surface area contributed by atoms with Crippen molar-refractivity contribution in [2.24, 2.45) is 0 Å². The number of hydrogen-bond acceptors (Lipinski definition) is 4. The molecule has 5 nitrogen and oxygen atoms in total. The standard InChI is InChI=1S/C17H19BrN2O3S/c1-23-16-6-4-15(5-7-16)19-10-12-20(13-11-19)24(21,22)17-8-2-14(18)3-9-17/h2-9H,10-13H2,1H3. The summed E-state index contributed by atoms with van der Waals surface area (Å²) in [5.74, 6) is 0.815. The van der Waals surface area contributed by atoms with Gasteiger partial charge in [0.25, 0.3) is 0 Å². The van der Waals surface area contributed by atoms with Crippen LogP contribution in [0.2, 0.25) is 0 Å². The van der Waals surface area contributed by atoms with Crippen molar-refractivity contribution in [3.63, 3.8) is 0 Å². The van der Waals surface area contributed by atoms with Gasteiger partial charge in [-0.05, 0) is 48.5 Å². The first kappa shape index (κ1) is 17.3. The Bertz CT molecular complexity index is 784. The Hall–Kier alpha value is -1.57. The Morgan fingerprint density at radius 1 is 0.917 bits per heavy atom. The van der Waals surface area contributed by atoms with Gasteiger partial charge in [0, 0.05) is 36.3 Å². The summed E-state index contributed by atoms with van der Waals surface area (Å²) in [5.41, 5.74) is 1.08. The molecule has 0 radical (unpaired) electrons. The first-order valence-corrected chi connectivity index (χ1v) is 9.89. The van der Waals surface area contributed by atoms with Crippen LogP contribution in [0.3, 0.4) is 0 Å². The second-order valence-electron chi connectivity index (χ2n) is 5.54. The van der Waals surface area contributed by atoms with Crippen molar-refractivity contribution in [3.05, 3.63) is 53.0 Å². The number of ether oxygens (including phenoxy) is 1. The third-order valence-electron chi connectivity index (χ3n) is 4.13. The zero-order valence-corrected chi connectivity index (χ0v) is 15.8. The second kappa shape index (κ2) is 7.13. The van der Waals surface area contributed by atoms with Crippen molar-refractivity contribution in [2.45, 2.75) is 4.90 Å². The largest absolute Gasteiger partial charge is 0.497 e. The van der Waals surface area contributed by atoms with E-state index >= 15 is 0 Å². The van der Waals surface area contributed by atoms with Gasteiger partial charge in [-0.3, -0.25) is 0 Å². The number of anilines is 1. The highest BCUT2D eigenvalue weighted by atomic mass is 79.9. The maximum absolute atomic E-state index is 12.7. The quantitative estimate of drug-likeness (QED) is 0.777. The van der Waals surface area contributed by atoms with Crippen LogP contribution >= 0.6 is 15.9 Å². The molecule has 1 aliphatic rings. The Balaban J connectivity index is 1.68. The van der Waals surface area contributed by atoms with E-state index in [1.165, 1.54) is 0 Å². The summed E-state index contributed by atoms with van der Waals surface area (Å²) in [5, 5.41) is 0. The molecule has 0 saturated carbocycles. The molecular weight excluding hydrogens is 392 g/mol. The van der Waals surface area contributed by atoms with E-state index in [0.29, 0.717) is 31.1 Å². The summed E-state index contributed by atoms with van der Waals surface area (Å²) >= 11 is 3.33. The highest BCUT2D eigenvalue weighted by molar-refractivity contribution is 9.10. The van der Waals surface area contributed by atoms with Gasteiger partial charge in [0.15, 0.2) is 0 Å². The number of piperazine rings is 1. The molecule has 0 bridgehead atoms. The SMILES string of the molecule is COc1ccc(N2CCN(S(=O)(=O)c3ccc(Br)cc3)CC2)cc1. The first-order chi connectivity index (χ1) is 11.5. The minimum absolute atomic E-state index is 0.337. The first-order valence-electron chi connectivity index (χ1n) is 7.65. The van der Waals surface area contributed by atoms with Gasteiger partial charge in [0.2, 0.25) is 10.0 Å². The molecule has 1 saturated heterocycles. The maximum Gasteiger partial charge on any atom is 0.243 e. The van der Waals surface area contributed by atoms with Crippen molar-refractivity contribution in [1.29, 1.82) is 0 Å². The van der Waals surface area contributed by atoms with Crippen LogP contribution < -0.4 is 9.64 Å². The van der Waals surface area contributed by atoms with Crippen LogP contribution in [-0.4, -0.2) is 46.0 Å². The fraction of sp³-hybridized carbons (Fsp3) is 0.294. The normalized spacial score (nSPS) is 16.2. The molecule has 128 valence electrons. The summed E-state index contributed by atoms with van der Waals surface area (Å²) < 4.78 is 33.0. The highest BCUT2D eigenvalue weighted by Gasteiger charge is 2.28. The number of methoxy groups -OCH3 is 1. The lowest BCUT2D eigenvalue weighted by Gasteiger charge is -2.35. The predicted octanol–water partition coefficient (Wildman–Crippen LogP) is 2.97. The number of benzene rings is 2. The molecule has 1 heterocycles. The molecule has 0 atom stereocenters. The van der Waals surface area contributed by atoms with Crippen LogP contribution in [0.15, 0.2) is 57.9 Å². The van der Waals surface area contributed by atoms with Gasteiger partial charge in [-0.1, -0.05) is 15.9 Å². The lowest BCUT2D eigenvalue weighted by atomic mass is 10.2. The summed E-state index contributed by atoms with van der Waals surface area (Å²) in [6.45, 7) is 2.29. The van der Waals surface area contributed by atoms with E-state index in [2.05, 4.69) is 20.8 Å². The molecule has 24 heavy (non-hydrogen) atoms. The minimum atomic E-state index is -3.43. The zero-order valence-electron chi connectivity index (χ0n) is 13.4. The zero-order chi connectivity index (χ0) is 17.2. The smallest absolute Gasteiger partial charge is 0.243 e. The van der Waals surface area contributed by atoms with E-state index in [1.807, 2.05) is 24.3 Å². The average molecular weight is 411 g/mol. The molecule has 1 fully saturated rings. The summed E-state index contributed by atoms with van der Waals surface area (Å²) in [4.78, 5) is 2.52. The molecule has 0 spiro atoms. The molecule has 7 heteroatoms. The van der Waals surface area contributed by atoms with E-state index in [1.54, 1.807) is 35.7 Å². The number of hydrogen-bond donors (Lipinski definition) is 0. The van der Waals surface area contributed by atoms with E-state index < -0.39 is 10.0 Å². The van der Waals surface area contributed by atoms with Gasteiger partial charge in [-0.2, -0.15) is 4.31 Å².